The van der Waals surface area contributed by atoms with E-state index in [1.165, 1.54) is 11.3 Å². The van der Waals surface area contributed by atoms with Crippen LogP contribution in [0.3, 0.4) is 0 Å². The Labute approximate surface area is 181 Å². The van der Waals surface area contributed by atoms with Crippen LogP contribution in [0.1, 0.15) is 42.6 Å². The minimum Gasteiger partial charge on any atom is -0.352 e. The van der Waals surface area contributed by atoms with Crippen LogP contribution < -0.4 is 5.32 Å². The molecule has 1 aliphatic rings. The SMILES string of the molecule is CC(C)(C(=O)N1CCN(C(=O)CCCNC(=O)c2ccsc2)CC1)c1ccccc1. The number of hydrogen-bond donors (Lipinski definition) is 1. The molecule has 3 rings (SSSR count). The third-order valence-electron chi connectivity index (χ3n) is 5.59. The molecule has 2 aromatic rings. The zero-order valence-electron chi connectivity index (χ0n) is 17.6. The molecule has 0 bridgehead atoms. The highest BCUT2D eigenvalue weighted by Crippen LogP contribution is 2.26. The third-order valence-corrected chi connectivity index (χ3v) is 6.27. The number of carbonyl (C=O) groups excluding carboxylic acids is 3. The second kappa shape index (κ2) is 9.89. The van der Waals surface area contributed by atoms with Crippen LogP contribution in [0.4, 0.5) is 0 Å². The molecule has 0 aliphatic carbocycles. The smallest absolute Gasteiger partial charge is 0.252 e. The molecule has 0 saturated carbocycles. The van der Waals surface area contributed by atoms with Crippen LogP contribution in [-0.4, -0.2) is 60.2 Å². The molecule has 160 valence electrons. The van der Waals surface area contributed by atoms with Gasteiger partial charge < -0.3 is 15.1 Å². The summed E-state index contributed by atoms with van der Waals surface area (Å²) in [6.07, 6.45) is 1.00. The lowest BCUT2D eigenvalue weighted by atomic mass is 9.83. The van der Waals surface area contributed by atoms with Gasteiger partial charge in [-0.05, 0) is 37.3 Å². The van der Waals surface area contributed by atoms with Gasteiger partial charge >= 0.3 is 0 Å². The average Bonchev–Trinajstić information content (AvgIpc) is 3.32. The van der Waals surface area contributed by atoms with Crippen molar-refractivity contribution >= 4 is 29.1 Å². The van der Waals surface area contributed by atoms with E-state index in [1.54, 1.807) is 11.4 Å². The van der Waals surface area contributed by atoms with Crippen molar-refractivity contribution in [3.05, 3.63) is 58.3 Å². The Kier molecular flexibility index (Phi) is 7.26. The maximum absolute atomic E-state index is 13.1. The normalized spacial score (nSPS) is 14.5. The molecule has 7 heteroatoms. The molecule has 6 nitrogen and oxygen atoms in total. The summed E-state index contributed by atoms with van der Waals surface area (Å²) in [5.74, 6) is 0.0722. The first-order valence-corrected chi connectivity index (χ1v) is 11.3. The van der Waals surface area contributed by atoms with Crippen molar-refractivity contribution in [2.45, 2.75) is 32.1 Å². The van der Waals surface area contributed by atoms with Crippen molar-refractivity contribution in [2.75, 3.05) is 32.7 Å². The first kappa shape index (κ1) is 22.0. The Bertz CT molecular complexity index is 857. The first-order valence-electron chi connectivity index (χ1n) is 10.3. The second-order valence-corrected chi connectivity index (χ2v) is 8.82. The van der Waals surface area contributed by atoms with Crippen LogP contribution in [-0.2, 0) is 15.0 Å². The van der Waals surface area contributed by atoms with Crippen molar-refractivity contribution in [2.24, 2.45) is 0 Å². The Morgan fingerprint density at radius 1 is 1.00 bits per heavy atom. The van der Waals surface area contributed by atoms with E-state index in [4.69, 9.17) is 0 Å². The molecular weight excluding hydrogens is 398 g/mol. The summed E-state index contributed by atoms with van der Waals surface area (Å²) in [6.45, 7) is 6.59. The molecule has 1 aromatic heterocycles. The first-order chi connectivity index (χ1) is 14.4. The predicted octanol–water partition coefficient (Wildman–Crippen LogP) is 2.91. The predicted molar refractivity (Wildman–Crippen MR) is 119 cm³/mol. The maximum Gasteiger partial charge on any atom is 0.252 e. The van der Waals surface area contributed by atoms with Crippen molar-refractivity contribution in [3.63, 3.8) is 0 Å². The van der Waals surface area contributed by atoms with Gasteiger partial charge in [0, 0.05) is 50.1 Å². The van der Waals surface area contributed by atoms with Gasteiger partial charge in [-0.1, -0.05) is 30.3 Å². The molecule has 1 aliphatic heterocycles. The van der Waals surface area contributed by atoms with E-state index in [1.807, 2.05) is 59.4 Å². The zero-order chi connectivity index (χ0) is 21.6. The summed E-state index contributed by atoms with van der Waals surface area (Å²) >= 11 is 1.48. The molecule has 1 N–H and O–H groups in total. The fourth-order valence-corrected chi connectivity index (χ4v) is 4.26. The van der Waals surface area contributed by atoms with Gasteiger partial charge in [-0.3, -0.25) is 14.4 Å². The van der Waals surface area contributed by atoms with Crippen molar-refractivity contribution in [3.8, 4) is 0 Å². The molecule has 1 aromatic carbocycles. The van der Waals surface area contributed by atoms with Crippen molar-refractivity contribution in [1.82, 2.24) is 15.1 Å². The Morgan fingerprint density at radius 2 is 1.67 bits per heavy atom. The van der Waals surface area contributed by atoms with E-state index in [0.29, 0.717) is 51.1 Å². The molecule has 0 unspecified atom stereocenters. The Balaban J connectivity index is 1.41. The Morgan fingerprint density at radius 3 is 2.30 bits per heavy atom. The maximum atomic E-state index is 13.1. The number of nitrogens with zero attached hydrogens (tertiary/aromatic N) is 2. The number of piperazine rings is 1. The largest absolute Gasteiger partial charge is 0.352 e. The van der Waals surface area contributed by atoms with Gasteiger partial charge in [-0.25, -0.2) is 0 Å². The van der Waals surface area contributed by atoms with Crippen LogP contribution >= 0.6 is 11.3 Å². The number of amides is 3. The number of hydrogen-bond acceptors (Lipinski definition) is 4. The van der Waals surface area contributed by atoms with E-state index >= 15 is 0 Å². The minimum absolute atomic E-state index is 0.0780. The number of benzene rings is 1. The van der Waals surface area contributed by atoms with Gasteiger partial charge in [0.05, 0.1) is 5.41 Å². The van der Waals surface area contributed by atoms with Gasteiger partial charge in [0.15, 0.2) is 0 Å². The summed E-state index contributed by atoms with van der Waals surface area (Å²) in [5.41, 5.74) is 1.07. The lowest BCUT2D eigenvalue weighted by molar-refractivity contribution is -0.142. The summed E-state index contributed by atoms with van der Waals surface area (Å²) < 4.78 is 0. The molecule has 0 radical (unpaired) electrons. The van der Waals surface area contributed by atoms with Gasteiger partial charge in [0.1, 0.15) is 0 Å². The van der Waals surface area contributed by atoms with E-state index in [0.717, 1.165) is 5.56 Å². The van der Waals surface area contributed by atoms with Crippen LogP contribution in [0, 0.1) is 0 Å². The quantitative estimate of drug-likeness (QED) is 0.691. The van der Waals surface area contributed by atoms with Gasteiger partial charge in [0.25, 0.3) is 5.91 Å². The number of nitrogens with one attached hydrogen (secondary N) is 1. The summed E-state index contributed by atoms with van der Waals surface area (Å²) in [5, 5.41) is 6.51. The van der Waals surface area contributed by atoms with Crippen LogP contribution in [0.2, 0.25) is 0 Å². The average molecular weight is 428 g/mol. The molecule has 2 heterocycles. The van der Waals surface area contributed by atoms with E-state index in [9.17, 15) is 14.4 Å². The lowest BCUT2D eigenvalue weighted by Crippen LogP contribution is -2.54. The van der Waals surface area contributed by atoms with E-state index in [-0.39, 0.29) is 17.7 Å². The summed E-state index contributed by atoms with van der Waals surface area (Å²) in [4.78, 5) is 41.1. The highest BCUT2D eigenvalue weighted by atomic mass is 32.1. The highest BCUT2D eigenvalue weighted by Gasteiger charge is 2.35. The van der Waals surface area contributed by atoms with Crippen molar-refractivity contribution < 1.29 is 14.4 Å². The standard InChI is InChI=1S/C23H29N3O3S/c1-23(2,19-7-4-3-5-8-19)22(29)26-14-12-25(13-15-26)20(27)9-6-11-24-21(28)18-10-16-30-17-18/h3-5,7-8,10,16-17H,6,9,11-15H2,1-2H3,(H,24,28). The molecule has 3 amide bonds. The minimum atomic E-state index is -0.589. The number of thiophene rings is 1. The molecule has 0 spiro atoms. The van der Waals surface area contributed by atoms with E-state index < -0.39 is 5.41 Å². The van der Waals surface area contributed by atoms with Gasteiger partial charge in [-0.2, -0.15) is 11.3 Å². The fraction of sp³-hybridized carbons (Fsp3) is 0.435. The number of carbonyl (C=O) groups is 3. The second-order valence-electron chi connectivity index (χ2n) is 8.04. The fourth-order valence-electron chi connectivity index (χ4n) is 3.63. The number of rotatable bonds is 7. The van der Waals surface area contributed by atoms with Crippen molar-refractivity contribution in [1.29, 1.82) is 0 Å². The molecular formula is C23H29N3O3S. The zero-order valence-corrected chi connectivity index (χ0v) is 18.4. The summed E-state index contributed by atoms with van der Waals surface area (Å²) in [7, 11) is 0. The van der Waals surface area contributed by atoms with Gasteiger partial charge in [0.2, 0.25) is 11.8 Å². The monoisotopic (exact) mass is 427 g/mol. The van der Waals surface area contributed by atoms with Crippen LogP contribution in [0.15, 0.2) is 47.2 Å². The lowest BCUT2D eigenvalue weighted by Gasteiger charge is -2.39. The Hall–Kier alpha value is -2.67. The molecule has 30 heavy (non-hydrogen) atoms. The topological polar surface area (TPSA) is 69.7 Å². The van der Waals surface area contributed by atoms with Gasteiger partial charge in [-0.15, -0.1) is 0 Å². The van der Waals surface area contributed by atoms with Crippen LogP contribution in [0.5, 0.6) is 0 Å². The molecule has 1 saturated heterocycles. The van der Waals surface area contributed by atoms with E-state index in [2.05, 4.69) is 5.32 Å². The molecule has 0 atom stereocenters. The molecule has 1 fully saturated rings. The third kappa shape index (κ3) is 5.27. The highest BCUT2D eigenvalue weighted by molar-refractivity contribution is 7.08. The summed E-state index contributed by atoms with van der Waals surface area (Å²) in [6, 6.07) is 11.6. The van der Waals surface area contributed by atoms with Crippen LogP contribution in [0.25, 0.3) is 0 Å².